The molecule has 0 radical (unpaired) electrons. The molecule has 2 heteroatoms. The van der Waals surface area contributed by atoms with Gasteiger partial charge in [0, 0.05) is 6.42 Å². The molecule has 0 heterocycles. The Balaban J connectivity index is 3.20. The van der Waals surface area contributed by atoms with Gasteiger partial charge in [0.2, 0.25) is 0 Å². The van der Waals surface area contributed by atoms with Crippen molar-refractivity contribution in [3.05, 3.63) is 33.4 Å². The Bertz CT molecular complexity index is 443. The van der Waals surface area contributed by atoms with Gasteiger partial charge in [0.25, 0.3) is 0 Å². The molecule has 1 aromatic carbocycles. The molecule has 0 aromatic heterocycles. The quantitative estimate of drug-likeness (QED) is 0.867. The minimum Gasteiger partial charge on any atom is -0.481 e. The van der Waals surface area contributed by atoms with Crippen molar-refractivity contribution in [2.45, 2.75) is 60.3 Å². The molecular formula is C16H24O2. The van der Waals surface area contributed by atoms with Gasteiger partial charge in [0.05, 0.1) is 0 Å². The van der Waals surface area contributed by atoms with Crippen molar-refractivity contribution in [1.82, 2.24) is 0 Å². The zero-order chi connectivity index (χ0) is 14.0. The predicted octanol–water partition coefficient (Wildman–Crippen LogP) is 4.20. The van der Waals surface area contributed by atoms with E-state index in [0.717, 1.165) is 0 Å². The molecule has 1 unspecified atom stereocenters. The van der Waals surface area contributed by atoms with Gasteiger partial charge in [-0.1, -0.05) is 6.92 Å². The smallest absolute Gasteiger partial charge is 0.303 e. The molecule has 0 aliphatic heterocycles. The Morgan fingerprint density at radius 3 is 1.72 bits per heavy atom. The van der Waals surface area contributed by atoms with Crippen LogP contribution in [0, 0.1) is 34.6 Å². The van der Waals surface area contributed by atoms with E-state index < -0.39 is 5.97 Å². The van der Waals surface area contributed by atoms with Crippen molar-refractivity contribution in [2.75, 3.05) is 0 Å². The minimum absolute atomic E-state index is 0.242. The van der Waals surface area contributed by atoms with Crippen LogP contribution in [0.4, 0.5) is 0 Å². The van der Waals surface area contributed by atoms with Gasteiger partial charge in [-0.05, 0) is 80.3 Å². The van der Waals surface area contributed by atoms with Crippen LogP contribution in [0.5, 0.6) is 0 Å². The zero-order valence-electron chi connectivity index (χ0n) is 12.3. The standard InChI is InChI=1S/C16H24O2/c1-9(7-8-15(17)18)16-13(5)11(3)10(2)12(4)14(16)6/h9H,7-8H2,1-6H3,(H,17,18). The molecule has 0 spiro atoms. The van der Waals surface area contributed by atoms with Gasteiger partial charge in [-0.25, -0.2) is 0 Å². The van der Waals surface area contributed by atoms with Crippen molar-refractivity contribution in [3.8, 4) is 0 Å². The monoisotopic (exact) mass is 248 g/mol. The van der Waals surface area contributed by atoms with E-state index in [-0.39, 0.29) is 6.42 Å². The van der Waals surface area contributed by atoms with Gasteiger partial charge >= 0.3 is 5.97 Å². The van der Waals surface area contributed by atoms with Crippen LogP contribution in [0.2, 0.25) is 0 Å². The van der Waals surface area contributed by atoms with Crippen molar-refractivity contribution in [1.29, 1.82) is 0 Å². The summed E-state index contributed by atoms with van der Waals surface area (Å²) in [6, 6.07) is 0. The van der Waals surface area contributed by atoms with E-state index >= 15 is 0 Å². The van der Waals surface area contributed by atoms with E-state index in [2.05, 4.69) is 41.5 Å². The summed E-state index contributed by atoms with van der Waals surface area (Å²) in [5, 5.41) is 8.80. The van der Waals surface area contributed by atoms with Crippen LogP contribution < -0.4 is 0 Å². The van der Waals surface area contributed by atoms with E-state index in [9.17, 15) is 4.79 Å². The van der Waals surface area contributed by atoms with Crippen molar-refractivity contribution in [2.24, 2.45) is 0 Å². The first-order valence-corrected chi connectivity index (χ1v) is 6.56. The highest BCUT2D eigenvalue weighted by molar-refractivity contribution is 5.66. The molecule has 0 aliphatic rings. The van der Waals surface area contributed by atoms with Crippen LogP contribution in [-0.4, -0.2) is 11.1 Å². The second-order valence-corrected chi connectivity index (χ2v) is 5.37. The molecule has 1 atom stereocenters. The molecule has 1 N–H and O–H groups in total. The Morgan fingerprint density at radius 2 is 1.33 bits per heavy atom. The maximum Gasteiger partial charge on any atom is 0.303 e. The number of aliphatic carboxylic acids is 1. The van der Waals surface area contributed by atoms with E-state index in [1.54, 1.807) is 0 Å². The maximum absolute atomic E-state index is 10.7. The number of rotatable bonds is 4. The number of hydrogen-bond donors (Lipinski definition) is 1. The molecule has 0 bridgehead atoms. The van der Waals surface area contributed by atoms with Crippen molar-refractivity contribution < 1.29 is 9.90 Å². The van der Waals surface area contributed by atoms with Crippen molar-refractivity contribution >= 4 is 5.97 Å². The molecule has 0 amide bonds. The molecule has 2 nitrogen and oxygen atoms in total. The topological polar surface area (TPSA) is 37.3 Å². The summed E-state index contributed by atoms with van der Waals surface area (Å²) in [5.41, 5.74) is 8.04. The van der Waals surface area contributed by atoms with Crippen LogP contribution >= 0.6 is 0 Å². The Hall–Kier alpha value is -1.31. The van der Waals surface area contributed by atoms with Crippen molar-refractivity contribution in [3.63, 3.8) is 0 Å². The number of benzene rings is 1. The maximum atomic E-state index is 10.7. The molecule has 0 aliphatic carbocycles. The second kappa shape index (κ2) is 5.55. The van der Waals surface area contributed by atoms with Gasteiger partial charge in [-0.15, -0.1) is 0 Å². The summed E-state index contributed by atoms with van der Waals surface area (Å²) in [6.45, 7) is 12.9. The summed E-state index contributed by atoms with van der Waals surface area (Å²) in [4.78, 5) is 10.7. The van der Waals surface area contributed by atoms with Crippen LogP contribution in [0.15, 0.2) is 0 Å². The minimum atomic E-state index is -0.710. The summed E-state index contributed by atoms with van der Waals surface area (Å²) >= 11 is 0. The first-order chi connectivity index (χ1) is 8.27. The molecule has 18 heavy (non-hydrogen) atoms. The molecular weight excluding hydrogens is 224 g/mol. The Labute approximate surface area is 110 Å². The average molecular weight is 248 g/mol. The summed E-state index contributed by atoms with van der Waals surface area (Å²) in [5.74, 6) is -0.406. The molecule has 1 rings (SSSR count). The van der Waals surface area contributed by atoms with Crippen LogP contribution in [0.25, 0.3) is 0 Å². The van der Waals surface area contributed by atoms with E-state index in [1.165, 1.54) is 33.4 Å². The van der Waals surface area contributed by atoms with E-state index in [0.29, 0.717) is 12.3 Å². The summed E-state index contributed by atoms with van der Waals surface area (Å²) in [6.07, 6.45) is 0.949. The third kappa shape index (κ3) is 2.74. The average Bonchev–Trinajstić information content (AvgIpc) is 2.31. The number of carbonyl (C=O) groups is 1. The molecule has 1 aromatic rings. The second-order valence-electron chi connectivity index (χ2n) is 5.37. The van der Waals surface area contributed by atoms with Crippen LogP contribution in [0.1, 0.15) is 59.1 Å². The highest BCUT2D eigenvalue weighted by atomic mass is 16.4. The van der Waals surface area contributed by atoms with Gasteiger partial charge in [0.15, 0.2) is 0 Å². The third-order valence-corrected chi connectivity index (χ3v) is 4.34. The number of carboxylic acids is 1. The lowest BCUT2D eigenvalue weighted by Gasteiger charge is -2.23. The lowest BCUT2D eigenvalue weighted by molar-refractivity contribution is -0.137. The van der Waals surface area contributed by atoms with Gasteiger partial charge in [-0.3, -0.25) is 4.79 Å². The molecule has 100 valence electrons. The Kier molecular flexibility index (Phi) is 4.55. The third-order valence-electron chi connectivity index (χ3n) is 4.34. The fourth-order valence-corrected chi connectivity index (χ4v) is 2.75. The first-order valence-electron chi connectivity index (χ1n) is 6.56. The Morgan fingerprint density at radius 1 is 0.944 bits per heavy atom. The van der Waals surface area contributed by atoms with E-state index in [1.807, 2.05) is 0 Å². The zero-order valence-corrected chi connectivity index (χ0v) is 12.3. The van der Waals surface area contributed by atoms with Crippen LogP contribution in [-0.2, 0) is 4.79 Å². The predicted molar refractivity (Wildman–Crippen MR) is 75.4 cm³/mol. The van der Waals surface area contributed by atoms with Gasteiger partial charge in [0.1, 0.15) is 0 Å². The fourth-order valence-electron chi connectivity index (χ4n) is 2.75. The summed E-state index contributed by atoms with van der Waals surface area (Å²) in [7, 11) is 0. The highest BCUT2D eigenvalue weighted by Crippen LogP contribution is 2.33. The molecule has 0 fully saturated rings. The highest BCUT2D eigenvalue weighted by Gasteiger charge is 2.17. The van der Waals surface area contributed by atoms with Crippen LogP contribution in [0.3, 0.4) is 0 Å². The van der Waals surface area contributed by atoms with Gasteiger partial charge in [-0.2, -0.15) is 0 Å². The van der Waals surface area contributed by atoms with E-state index in [4.69, 9.17) is 5.11 Å². The first kappa shape index (κ1) is 14.7. The normalized spacial score (nSPS) is 12.6. The number of hydrogen-bond acceptors (Lipinski definition) is 1. The van der Waals surface area contributed by atoms with Gasteiger partial charge < -0.3 is 5.11 Å². The number of carboxylic acid groups (broad SMARTS) is 1. The lowest BCUT2D eigenvalue weighted by atomic mass is 9.82. The molecule has 0 saturated carbocycles. The molecule has 0 saturated heterocycles. The SMILES string of the molecule is Cc1c(C)c(C)c(C(C)CCC(=O)O)c(C)c1C. The fraction of sp³-hybridized carbons (Fsp3) is 0.562. The summed E-state index contributed by atoms with van der Waals surface area (Å²) < 4.78 is 0. The lowest BCUT2D eigenvalue weighted by Crippen LogP contribution is -2.08. The largest absolute Gasteiger partial charge is 0.481 e.